The number of nitrogen functional groups attached to an aromatic ring is 1. The van der Waals surface area contributed by atoms with Crippen LogP contribution in [0.15, 0.2) is 21.1 Å². The summed E-state index contributed by atoms with van der Waals surface area (Å²) in [7, 11) is 2.71. The predicted molar refractivity (Wildman–Crippen MR) is 77.4 cm³/mol. The van der Waals surface area contributed by atoms with Crippen LogP contribution in [0.4, 0.5) is 5.82 Å². The second kappa shape index (κ2) is 5.56. The summed E-state index contributed by atoms with van der Waals surface area (Å²) in [6.07, 6.45) is 1.32. The number of H-pyrrole nitrogens is 1. The molecule has 0 radical (unpaired) electrons. The topological polar surface area (TPSA) is 129 Å². The van der Waals surface area contributed by atoms with E-state index in [0.717, 1.165) is 20.9 Å². The monoisotopic (exact) mass is 310 g/mol. The van der Waals surface area contributed by atoms with Crippen molar-refractivity contribution in [1.29, 1.82) is 0 Å². The highest BCUT2D eigenvalue weighted by Gasteiger charge is 2.25. The van der Waals surface area contributed by atoms with E-state index in [0.29, 0.717) is 5.16 Å². The van der Waals surface area contributed by atoms with Gasteiger partial charge in [0.15, 0.2) is 10.9 Å². The highest BCUT2D eigenvalue weighted by molar-refractivity contribution is 8.00. The molecule has 9 nitrogen and oxygen atoms in total. The fourth-order valence-corrected chi connectivity index (χ4v) is 2.54. The van der Waals surface area contributed by atoms with E-state index in [1.165, 1.54) is 20.4 Å². The number of thioether (sulfide) groups is 1. The molecule has 0 aliphatic rings. The average Bonchev–Trinajstić information content (AvgIpc) is 2.96. The fraction of sp³-hybridized carbons (Fsp3) is 0.364. The van der Waals surface area contributed by atoms with Crippen molar-refractivity contribution >= 4 is 23.4 Å². The summed E-state index contributed by atoms with van der Waals surface area (Å²) in [6, 6.07) is 0. The number of Topliss-reactive ketones (excluding diaryl/α,β-unsaturated/α-hetero) is 1. The number of hydrogen-bond acceptors (Lipinski definition) is 7. The van der Waals surface area contributed by atoms with E-state index < -0.39 is 22.3 Å². The van der Waals surface area contributed by atoms with Crippen molar-refractivity contribution in [2.24, 2.45) is 14.1 Å². The standard InChI is InChI=1S/C11H14N6O3S/c1-5(21-10-13-4-14-15-10)7(18)6-8(12)16(2)11(20)17(3)9(6)19/h4-5H,12H2,1-3H3,(H,13,14,15)/t5-/m0/s1. The molecule has 0 saturated heterocycles. The van der Waals surface area contributed by atoms with Crippen LogP contribution >= 0.6 is 11.8 Å². The number of anilines is 1. The maximum Gasteiger partial charge on any atom is 0.332 e. The van der Waals surface area contributed by atoms with Crippen LogP contribution in [0.5, 0.6) is 0 Å². The Bertz CT molecular complexity index is 792. The second-order valence-corrected chi connectivity index (χ2v) is 5.71. The van der Waals surface area contributed by atoms with Crippen LogP contribution < -0.4 is 17.0 Å². The van der Waals surface area contributed by atoms with Crippen molar-refractivity contribution in [2.75, 3.05) is 5.73 Å². The molecular formula is C11H14N6O3S. The number of ketones is 1. The smallest absolute Gasteiger partial charge is 0.332 e. The Labute approximate surface area is 123 Å². The molecular weight excluding hydrogens is 296 g/mol. The van der Waals surface area contributed by atoms with Crippen molar-refractivity contribution in [2.45, 2.75) is 17.3 Å². The van der Waals surface area contributed by atoms with Crippen LogP contribution in [0.2, 0.25) is 0 Å². The quantitative estimate of drug-likeness (QED) is 0.555. The lowest BCUT2D eigenvalue weighted by Crippen LogP contribution is -2.42. The molecule has 2 heterocycles. The average molecular weight is 310 g/mol. The van der Waals surface area contributed by atoms with Crippen LogP contribution in [0, 0.1) is 0 Å². The Hall–Kier alpha value is -2.36. The molecule has 0 aromatic carbocycles. The van der Waals surface area contributed by atoms with Crippen LogP contribution in [0.25, 0.3) is 0 Å². The van der Waals surface area contributed by atoms with Crippen LogP contribution in [0.3, 0.4) is 0 Å². The van der Waals surface area contributed by atoms with E-state index in [9.17, 15) is 14.4 Å². The molecule has 2 rings (SSSR count). The highest BCUT2D eigenvalue weighted by atomic mass is 32.2. The molecule has 0 spiro atoms. The Morgan fingerprint density at radius 3 is 2.62 bits per heavy atom. The number of carbonyl (C=O) groups excluding carboxylic acids is 1. The van der Waals surface area contributed by atoms with E-state index in [-0.39, 0.29) is 11.4 Å². The van der Waals surface area contributed by atoms with Crippen molar-refractivity contribution in [3.8, 4) is 0 Å². The lowest BCUT2D eigenvalue weighted by molar-refractivity contribution is 0.0992. The number of nitrogens with zero attached hydrogens (tertiary/aromatic N) is 4. The third-order valence-electron chi connectivity index (χ3n) is 3.01. The van der Waals surface area contributed by atoms with Gasteiger partial charge in [0.25, 0.3) is 5.56 Å². The third-order valence-corrected chi connectivity index (χ3v) is 3.99. The van der Waals surface area contributed by atoms with Crippen LogP contribution in [-0.4, -0.2) is 35.3 Å². The summed E-state index contributed by atoms with van der Waals surface area (Å²) in [5, 5.41) is 6.14. The zero-order valence-corrected chi connectivity index (χ0v) is 12.5. The van der Waals surface area contributed by atoms with E-state index in [4.69, 9.17) is 5.73 Å². The molecule has 0 fully saturated rings. The lowest BCUT2D eigenvalue weighted by Gasteiger charge is -2.13. The van der Waals surface area contributed by atoms with Crippen molar-refractivity contribution in [1.82, 2.24) is 24.3 Å². The number of nitrogens with one attached hydrogen (secondary N) is 1. The molecule has 10 heteroatoms. The first-order valence-corrected chi connectivity index (χ1v) is 6.84. The first kappa shape index (κ1) is 15.0. The number of carbonyl (C=O) groups is 1. The molecule has 21 heavy (non-hydrogen) atoms. The van der Waals surface area contributed by atoms with Gasteiger partial charge in [-0.2, -0.15) is 5.10 Å². The van der Waals surface area contributed by atoms with Gasteiger partial charge < -0.3 is 5.73 Å². The Morgan fingerprint density at radius 1 is 1.38 bits per heavy atom. The second-order valence-electron chi connectivity index (χ2n) is 4.38. The van der Waals surface area contributed by atoms with Gasteiger partial charge >= 0.3 is 5.69 Å². The summed E-state index contributed by atoms with van der Waals surface area (Å²) in [4.78, 5) is 40.2. The van der Waals surface area contributed by atoms with Gasteiger partial charge in [-0.05, 0) is 6.92 Å². The van der Waals surface area contributed by atoms with Crippen molar-refractivity contribution in [3.05, 3.63) is 32.7 Å². The normalized spacial score (nSPS) is 12.3. The largest absolute Gasteiger partial charge is 0.384 e. The van der Waals surface area contributed by atoms with Crippen molar-refractivity contribution < 1.29 is 4.79 Å². The fourth-order valence-electron chi connectivity index (χ4n) is 1.77. The zero-order chi connectivity index (χ0) is 15.7. The first-order valence-electron chi connectivity index (χ1n) is 5.96. The highest BCUT2D eigenvalue weighted by Crippen LogP contribution is 2.22. The van der Waals surface area contributed by atoms with E-state index in [2.05, 4.69) is 15.2 Å². The van der Waals surface area contributed by atoms with Gasteiger partial charge in [0.05, 0.1) is 5.25 Å². The molecule has 2 aromatic heterocycles. The molecule has 3 N–H and O–H groups in total. The van der Waals surface area contributed by atoms with Gasteiger partial charge in [-0.15, -0.1) is 0 Å². The maximum absolute atomic E-state index is 12.4. The number of aromatic amines is 1. The molecule has 112 valence electrons. The molecule has 0 saturated carbocycles. The molecule has 0 aliphatic heterocycles. The minimum Gasteiger partial charge on any atom is -0.384 e. The van der Waals surface area contributed by atoms with Gasteiger partial charge in [0.2, 0.25) is 0 Å². The Morgan fingerprint density at radius 2 is 2.05 bits per heavy atom. The summed E-state index contributed by atoms with van der Waals surface area (Å²) >= 11 is 1.12. The first-order chi connectivity index (χ1) is 9.84. The summed E-state index contributed by atoms with van der Waals surface area (Å²) in [5.74, 6) is -0.608. The summed E-state index contributed by atoms with van der Waals surface area (Å²) < 4.78 is 1.93. The maximum atomic E-state index is 12.4. The Balaban J connectivity index is 2.44. The predicted octanol–water partition coefficient (Wildman–Crippen LogP) is -0.852. The van der Waals surface area contributed by atoms with E-state index >= 15 is 0 Å². The number of aromatic nitrogens is 5. The molecule has 0 unspecified atom stereocenters. The molecule has 1 atom stereocenters. The van der Waals surface area contributed by atoms with Crippen LogP contribution in [0.1, 0.15) is 17.3 Å². The van der Waals surface area contributed by atoms with E-state index in [1.807, 2.05) is 0 Å². The van der Waals surface area contributed by atoms with Crippen LogP contribution in [-0.2, 0) is 14.1 Å². The summed E-state index contributed by atoms with van der Waals surface area (Å²) in [5.41, 5.74) is 4.27. The third kappa shape index (κ3) is 2.61. The van der Waals surface area contributed by atoms with Gasteiger partial charge in [-0.1, -0.05) is 11.8 Å². The lowest BCUT2D eigenvalue weighted by atomic mass is 10.1. The van der Waals surface area contributed by atoms with Gasteiger partial charge in [-0.3, -0.25) is 23.8 Å². The molecule has 2 aromatic rings. The Kier molecular flexibility index (Phi) is 3.98. The minimum atomic E-state index is -0.703. The molecule has 0 bridgehead atoms. The van der Waals surface area contributed by atoms with E-state index in [1.54, 1.807) is 6.92 Å². The van der Waals surface area contributed by atoms with Crippen molar-refractivity contribution in [3.63, 3.8) is 0 Å². The number of hydrogen-bond donors (Lipinski definition) is 2. The van der Waals surface area contributed by atoms with Gasteiger partial charge in [0.1, 0.15) is 17.7 Å². The number of nitrogens with two attached hydrogens (primary N) is 1. The minimum absolute atomic E-state index is 0.141. The summed E-state index contributed by atoms with van der Waals surface area (Å²) in [6.45, 7) is 1.62. The van der Waals surface area contributed by atoms with Gasteiger partial charge in [0, 0.05) is 14.1 Å². The molecule has 0 amide bonds. The SMILES string of the molecule is C[C@H](Sc1ncn[nH]1)C(=O)c1c(N)n(C)c(=O)n(C)c1=O. The van der Waals surface area contributed by atoms with Gasteiger partial charge in [-0.25, -0.2) is 9.78 Å². The molecule has 0 aliphatic carbocycles. The number of rotatable bonds is 4. The zero-order valence-electron chi connectivity index (χ0n) is 11.7.